The number of rotatable bonds is 2. The molecule has 0 spiro atoms. The lowest BCUT2D eigenvalue weighted by atomic mass is 9.88. The highest BCUT2D eigenvalue weighted by Crippen LogP contribution is 2.40. The van der Waals surface area contributed by atoms with E-state index in [1.54, 1.807) is 13.2 Å². The van der Waals surface area contributed by atoms with Gasteiger partial charge in [0.25, 0.3) is 0 Å². The molecule has 3 heteroatoms. The molecule has 0 saturated heterocycles. The maximum Gasteiger partial charge on any atom is 0.163 e. The zero-order valence-electron chi connectivity index (χ0n) is 9.92. The molecule has 1 aromatic carbocycles. The molecule has 0 aliphatic heterocycles. The summed E-state index contributed by atoms with van der Waals surface area (Å²) < 4.78 is 5.14. The summed E-state index contributed by atoms with van der Waals surface area (Å²) in [6.45, 7) is 1.93. The molecule has 2 rings (SSSR count). The van der Waals surface area contributed by atoms with Crippen molar-refractivity contribution in [3.63, 3.8) is 0 Å². The van der Waals surface area contributed by atoms with E-state index in [2.05, 4.69) is 0 Å². The third-order valence-electron chi connectivity index (χ3n) is 3.53. The number of phenols is 1. The van der Waals surface area contributed by atoms with Crippen LogP contribution in [0.3, 0.4) is 0 Å². The zero-order chi connectivity index (χ0) is 11.8. The monoisotopic (exact) mass is 221 g/mol. The molecule has 1 aromatic rings. The second kappa shape index (κ2) is 3.98. The second-order valence-electron chi connectivity index (χ2n) is 4.71. The van der Waals surface area contributed by atoms with E-state index in [0.717, 1.165) is 24.0 Å². The Balaban J connectivity index is 2.43. The second-order valence-corrected chi connectivity index (χ2v) is 4.71. The number of ether oxygens (including phenoxy) is 1. The number of nitrogens with two attached hydrogens (primary N) is 1. The maximum atomic E-state index is 9.87. The van der Waals surface area contributed by atoms with Gasteiger partial charge in [-0.15, -0.1) is 0 Å². The van der Waals surface area contributed by atoms with Crippen LogP contribution in [0.1, 0.15) is 36.8 Å². The Hall–Kier alpha value is -1.22. The normalized spacial score (nSPS) is 18.7. The van der Waals surface area contributed by atoms with Gasteiger partial charge in [-0.25, -0.2) is 0 Å². The van der Waals surface area contributed by atoms with Gasteiger partial charge >= 0.3 is 0 Å². The van der Waals surface area contributed by atoms with E-state index in [0.29, 0.717) is 5.75 Å². The minimum Gasteiger partial charge on any atom is -0.504 e. The zero-order valence-corrected chi connectivity index (χ0v) is 9.92. The van der Waals surface area contributed by atoms with E-state index in [-0.39, 0.29) is 11.3 Å². The van der Waals surface area contributed by atoms with Gasteiger partial charge < -0.3 is 15.6 Å². The number of benzene rings is 1. The Morgan fingerprint density at radius 3 is 2.44 bits per heavy atom. The van der Waals surface area contributed by atoms with Crippen LogP contribution in [-0.4, -0.2) is 12.2 Å². The van der Waals surface area contributed by atoms with Gasteiger partial charge in [-0.05, 0) is 37.0 Å². The highest BCUT2D eigenvalue weighted by Gasteiger charge is 2.32. The summed E-state index contributed by atoms with van der Waals surface area (Å²) in [4.78, 5) is 0. The fourth-order valence-electron chi connectivity index (χ4n) is 2.60. The molecular weight excluding hydrogens is 202 g/mol. The molecule has 0 unspecified atom stereocenters. The molecule has 1 fully saturated rings. The van der Waals surface area contributed by atoms with Crippen molar-refractivity contribution in [1.82, 2.24) is 0 Å². The van der Waals surface area contributed by atoms with Crippen molar-refractivity contribution in [1.29, 1.82) is 0 Å². The highest BCUT2D eigenvalue weighted by molar-refractivity contribution is 5.49. The Morgan fingerprint density at radius 1 is 1.31 bits per heavy atom. The van der Waals surface area contributed by atoms with Gasteiger partial charge in [0.15, 0.2) is 11.5 Å². The average Bonchev–Trinajstić information content (AvgIpc) is 2.66. The van der Waals surface area contributed by atoms with E-state index < -0.39 is 0 Å². The van der Waals surface area contributed by atoms with Crippen molar-refractivity contribution in [2.75, 3.05) is 7.11 Å². The van der Waals surface area contributed by atoms with Crippen LogP contribution in [0, 0.1) is 6.92 Å². The first-order valence-electron chi connectivity index (χ1n) is 5.74. The summed E-state index contributed by atoms with van der Waals surface area (Å²) in [7, 11) is 1.56. The summed E-state index contributed by atoms with van der Waals surface area (Å²) in [6.07, 6.45) is 4.33. The predicted molar refractivity (Wildman–Crippen MR) is 63.7 cm³/mol. The van der Waals surface area contributed by atoms with Crippen LogP contribution in [0.25, 0.3) is 0 Å². The first-order valence-corrected chi connectivity index (χ1v) is 5.74. The number of methoxy groups -OCH3 is 1. The summed E-state index contributed by atoms with van der Waals surface area (Å²) in [5, 5.41) is 9.87. The summed E-state index contributed by atoms with van der Waals surface area (Å²) in [5.74, 6) is 0.736. The fourth-order valence-corrected chi connectivity index (χ4v) is 2.60. The van der Waals surface area contributed by atoms with Gasteiger partial charge in [0.2, 0.25) is 0 Å². The minimum absolute atomic E-state index is 0.189. The molecule has 0 heterocycles. The standard InChI is InChI=1S/C13H19NO2/c1-9-7-10(8-11(15)12(9)16-2)13(14)5-3-4-6-13/h7-8,15H,3-6,14H2,1-2H3. The van der Waals surface area contributed by atoms with Gasteiger partial charge in [-0.2, -0.15) is 0 Å². The van der Waals surface area contributed by atoms with E-state index in [9.17, 15) is 5.11 Å². The Labute approximate surface area is 96.2 Å². The topological polar surface area (TPSA) is 55.5 Å². The molecule has 0 bridgehead atoms. The number of hydrogen-bond acceptors (Lipinski definition) is 3. The Kier molecular flexibility index (Phi) is 2.80. The largest absolute Gasteiger partial charge is 0.504 e. The third kappa shape index (κ3) is 1.76. The minimum atomic E-state index is -0.255. The maximum absolute atomic E-state index is 9.87. The van der Waals surface area contributed by atoms with Crippen LogP contribution in [0.2, 0.25) is 0 Å². The SMILES string of the molecule is COc1c(C)cc(C2(N)CCCC2)cc1O. The number of hydrogen-bond donors (Lipinski definition) is 2. The van der Waals surface area contributed by atoms with Crippen LogP contribution >= 0.6 is 0 Å². The quantitative estimate of drug-likeness (QED) is 0.806. The van der Waals surface area contributed by atoms with E-state index >= 15 is 0 Å². The van der Waals surface area contributed by atoms with Crippen LogP contribution in [-0.2, 0) is 5.54 Å². The van der Waals surface area contributed by atoms with E-state index in [4.69, 9.17) is 10.5 Å². The number of aromatic hydroxyl groups is 1. The first-order chi connectivity index (χ1) is 7.57. The molecule has 1 aliphatic rings. The summed E-state index contributed by atoms with van der Waals surface area (Å²) in [6, 6.07) is 3.78. The Bertz CT molecular complexity index is 372. The van der Waals surface area contributed by atoms with Crippen LogP contribution in [0.4, 0.5) is 0 Å². The number of phenolic OH excluding ortho intramolecular Hbond substituents is 1. The lowest BCUT2D eigenvalue weighted by Gasteiger charge is -2.25. The molecule has 88 valence electrons. The smallest absolute Gasteiger partial charge is 0.163 e. The first kappa shape index (κ1) is 11.3. The molecule has 0 atom stereocenters. The fraction of sp³-hybridized carbons (Fsp3) is 0.538. The third-order valence-corrected chi connectivity index (χ3v) is 3.53. The molecule has 1 aliphatic carbocycles. The van der Waals surface area contributed by atoms with E-state index in [1.165, 1.54) is 12.8 Å². The molecule has 3 N–H and O–H groups in total. The van der Waals surface area contributed by atoms with Crippen LogP contribution < -0.4 is 10.5 Å². The van der Waals surface area contributed by atoms with Gasteiger partial charge in [0.1, 0.15) is 0 Å². The van der Waals surface area contributed by atoms with Crippen molar-refractivity contribution in [3.8, 4) is 11.5 Å². The molecule has 16 heavy (non-hydrogen) atoms. The van der Waals surface area contributed by atoms with Crippen LogP contribution in [0.5, 0.6) is 11.5 Å². The van der Waals surface area contributed by atoms with E-state index in [1.807, 2.05) is 13.0 Å². The molecular formula is C13H19NO2. The molecule has 0 amide bonds. The van der Waals surface area contributed by atoms with Crippen molar-refractivity contribution in [2.45, 2.75) is 38.1 Å². The Morgan fingerprint density at radius 2 is 1.94 bits per heavy atom. The van der Waals surface area contributed by atoms with Gasteiger partial charge in [0, 0.05) is 5.54 Å². The summed E-state index contributed by atoms with van der Waals surface area (Å²) in [5.41, 5.74) is 8.07. The van der Waals surface area contributed by atoms with Crippen LogP contribution in [0.15, 0.2) is 12.1 Å². The highest BCUT2D eigenvalue weighted by atomic mass is 16.5. The van der Waals surface area contributed by atoms with Crippen molar-refractivity contribution in [3.05, 3.63) is 23.3 Å². The van der Waals surface area contributed by atoms with Gasteiger partial charge in [-0.1, -0.05) is 18.9 Å². The predicted octanol–water partition coefficient (Wildman–Crippen LogP) is 2.44. The average molecular weight is 221 g/mol. The van der Waals surface area contributed by atoms with Gasteiger partial charge in [-0.3, -0.25) is 0 Å². The number of aryl methyl sites for hydroxylation is 1. The van der Waals surface area contributed by atoms with Crippen molar-refractivity contribution >= 4 is 0 Å². The lowest BCUT2D eigenvalue weighted by molar-refractivity contribution is 0.367. The van der Waals surface area contributed by atoms with Crippen molar-refractivity contribution in [2.24, 2.45) is 5.73 Å². The molecule has 0 radical (unpaired) electrons. The molecule has 3 nitrogen and oxygen atoms in total. The van der Waals surface area contributed by atoms with Gasteiger partial charge in [0.05, 0.1) is 7.11 Å². The molecule has 0 aromatic heterocycles. The summed E-state index contributed by atoms with van der Waals surface area (Å²) >= 11 is 0. The lowest BCUT2D eigenvalue weighted by Crippen LogP contribution is -2.33. The molecule has 1 saturated carbocycles. The van der Waals surface area contributed by atoms with Crippen molar-refractivity contribution < 1.29 is 9.84 Å².